The molecular weight excluding hydrogens is 410 g/mol. The zero-order valence-electron chi connectivity index (χ0n) is 19.0. The van der Waals surface area contributed by atoms with E-state index >= 15 is 0 Å². The van der Waals surface area contributed by atoms with Crippen molar-refractivity contribution in [1.29, 1.82) is 0 Å². The number of para-hydroxylation sites is 2. The zero-order valence-corrected chi connectivity index (χ0v) is 19.0. The van der Waals surface area contributed by atoms with E-state index in [1.807, 2.05) is 79.7 Å². The molecular formula is C28H29N3O2. The lowest BCUT2D eigenvalue weighted by atomic mass is 9.95. The smallest absolute Gasteiger partial charge is 0.231 e. The maximum atomic E-state index is 13.2. The van der Waals surface area contributed by atoms with Crippen molar-refractivity contribution < 1.29 is 9.53 Å². The van der Waals surface area contributed by atoms with Gasteiger partial charge < -0.3 is 15.0 Å². The number of benzene rings is 3. The lowest BCUT2D eigenvalue weighted by Crippen LogP contribution is -2.36. The first-order chi connectivity index (χ1) is 16.2. The van der Waals surface area contributed by atoms with Crippen LogP contribution in [0.3, 0.4) is 0 Å². The number of rotatable bonds is 4. The molecule has 2 heterocycles. The van der Waals surface area contributed by atoms with E-state index in [2.05, 4.69) is 10.2 Å². The number of carbonyl (C=O) groups excluding carboxylic acids is 1. The van der Waals surface area contributed by atoms with Crippen LogP contribution < -0.4 is 10.1 Å². The van der Waals surface area contributed by atoms with Gasteiger partial charge in [-0.05, 0) is 61.6 Å². The number of anilines is 1. The van der Waals surface area contributed by atoms with Gasteiger partial charge in [0, 0.05) is 18.8 Å². The molecule has 0 aromatic heterocycles. The SMILES string of the molecule is CCC(C(=O)Nc1ccc2c(c1)C(N1CCCCC1)=Nc1ccccc1O2)c1ccccc1. The monoisotopic (exact) mass is 439 g/mol. The first-order valence-corrected chi connectivity index (χ1v) is 11.8. The van der Waals surface area contributed by atoms with Gasteiger partial charge in [-0.1, -0.05) is 49.4 Å². The topological polar surface area (TPSA) is 53.9 Å². The number of hydrogen-bond acceptors (Lipinski definition) is 4. The number of hydrogen-bond donors (Lipinski definition) is 1. The molecule has 2 aliphatic rings. The molecule has 168 valence electrons. The summed E-state index contributed by atoms with van der Waals surface area (Å²) in [6, 6.07) is 23.7. The minimum atomic E-state index is -0.194. The Bertz CT molecular complexity index is 1170. The zero-order chi connectivity index (χ0) is 22.6. The van der Waals surface area contributed by atoms with Crippen molar-refractivity contribution in [2.45, 2.75) is 38.5 Å². The summed E-state index contributed by atoms with van der Waals surface area (Å²) in [6.07, 6.45) is 4.29. The number of fused-ring (bicyclic) bond motifs is 2. The highest BCUT2D eigenvalue weighted by molar-refractivity contribution is 6.05. The number of piperidine rings is 1. The Balaban J connectivity index is 1.49. The lowest BCUT2D eigenvalue weighted by molar-refractivity contribution is -0.117. The maximum absolute atomic E-state index is 13.2. The van der Waals surface area contributed by atoms with E-state index in [0.717, 1.165) is 72.2 Å². The van der Waals surface area contributed by atoms with E-state index < -0.39 is 0 Å². The second-order valence-corrected chi connectivity index (χ2v) is 8.62. The number of amidine groups is 1. The molecule has 5 nitrogen and oxygen atoms in total. The van der Waals surface area contributed by atoms with Crippen LogP contribution in [-0.2, 0) is 4.79 Å². The molecule has 0 aliphatic carbocycles. The first-order valence-electron chi connectivity index (χ1n) is 11.8. The van der Waals surface area contributed by atoms with Crippen molar-refractivity contribution in [2.24, 2.45) is 4.99 Å². The normalized spacial score (nSPS) is 15.9. The fourth-order valence-electron chi connectivity index (χ4n) is 4.63. The average molecular weight is 440 g/mol. The number of aliphatic imine (C=N–C) groups is 1. The van der Waals surface area contributed by atoms with Crippen LogP contribution >= 0.6 is 0 Å². The average Bonchev–Trinajstić information content (AvgIpc) is 3.02. The summed E-state index contributed by atoms with van der Waals surface area (Å²) in [5.41, 5.74) is 3.53. The number of ether oxygens (including phenoxy) is 1. The fraction of sp³-hybridized carbons (Fsp3) is 0.286. The molecule has 1 N–H and O–H groups in total. The molecule has 1 unspecified atom stereocenters. The van der Waals surface area contributed by atoms with E-state index in [9.17, 15) is 4.79 Å². The van der Waals surface area contributed by atoms with Gasteiger partial charge in [-0.2, -0.15) is 0 Å². The molecule has 0 saturated carbocycles. The van der Waals surface area contributed by atoms with Crippen molar-refractivity contribution in [1.82, 2.24) is 4.90 Å². The molecule has 3 aromatic carbocycles. The largest absolute Gasteiger partial charge is 0.454 e. The standard InChI is InChI=1S/C28H29N3O2/c1-2-22(20-11-5-3-6-12-20)28(32)29-21-15-16-25-23(19-21)27(31-17-9-4-10-18-31)30-24-13-7-8-14-26(24)33-25/h3,5-8,11-16,19,22H,2,4,9-10,17-18H2,1H3,(H,29,32). The van der Waals surface area contributed by atoms with Gasteiger partial charge >= 0.3 is 0 Å². The molecule has 0 bridgehead atoms. The van der Waals surface area contributed by atoms with Crippen LogP contribution in [0, 0.1) is 0 Å². The van der Waals surface area contributed by atoms with Gasteiger partial charge in [0.1, 0.15) is 17.3 Å². The third kappa shape index (κ3) is 4.49. The van der Waals surface area contributed by atoms with Crippen molar-refractivity contribution in [3.8, 4) is 11.5 Å². The molecule has 5 heteroatoms. The minimum Gasteiger partial charge on any atom is -0.454 e. The number of likely N-dealkylation sites (tertiary alicyclic amines) is 1. The van der Waals surface area contributed by atoms with Gasteiger partial charge in [-0.25, -0.2) is 4.99 Å². The van der Waals surface area contributed by atoms with E-state index in [1.54, 1.807) is 0 Å². The number of carbonyl (C=O) groups is 1. The van der Waals surface area contributed by atoms with Gasteiger partial charge in [0.15, 0.2) is 5.75 Å². The van der Waals surface area contributed by atoms with Crippen LogP contribution in [0.4, 0.5) is 11.4 Å². The van der Waals surface area contributed by atoms with Crippen molar-refractivity contribution in [2.75, 3.05) is 18.4 Å². The van der Waals surface area contributed by atoms with Gasteiger partial charge in [0.05, 0.1) is 11.5 Å². The van der Waals surface area contributed by atoms with Gasteiger partial charge in [-0.3, -0.25) is 4.79 Å². The first kappa shape index (κ1) is 21.3. The lowest BCUT2D eigenvalue weighted by Gasteiger charge is -2.30. The number of amides is 1. The van der Waals surface area contributed by atoms with E-state index in [4.69, 9.17) is 9.73 Å². The van der Waals surface area contributed by atoms with Crippen LogP contribution in [0.15, 0.2) is 77.8 Å². The summed E-state index contributed by atoms with van der Waals surface area (Å²) in [5.74, 6) is 2.23. The summed E-state index contributed by atoms with van der Waals surface area (Å²) in [7, 11) is 0. The van der Waals surface area contributed by atoms with Crippen molar-refractivity contribution in [3.05, 3.63) is 83.9 Å². The molecule has 3 aromatic rings. The van der Waals surface area contributed by atoms with E-state index in [0.29, 0.717) is 0 Å². The Morgan fingerprint density at radius 2 is 1.73 bits per heavy atom. The van der Waals surface area contributed by atoms with Crippen LogP contribution in [0.2, 0.25) is 0 Å². The molecule has 5 rings (SSSR count). The quantitative estimate of drug-likeness (QED) is 0.506. The summed E-state index contributed by atoms with van der Waals surface area (Å²) in [4.78, 5) is 20.5. The Hall–Kier alpha value is -3.60. The van der Waals surface area contributed by atoms with Crippen molar-refractivity contribution in [3.63, 3.8) is 0 Å². The molecule has 1 fully saturated rings. The second kappa shape index (κ2) is 9.49. The third-order valence-electron chi connectivity index (χ3n) is 6.38. The number of nitrogens with one attached hydrogen (secondary N) is 1. The molecule has 1 saturated heterocycles. The third-order valence-corrected chi connectivity index (χ3v) is 6.38. The second-order valence-electron chi connectivity index (χ2n) is 8.62. The van der Waals surface area contributed by atoms with E-state index in [1.165, 1.54) is 6.42 Å². The van der Waals surface area contributed by atoms with E-state index in [-0.39, 0.29) is 11.8 Å². The Morgan fingerprint density at radius 1 is 0.970 bits per heavy atom. The van der Waals surface area contributed by atoms with Gasteiger partial charge in [-0.15, -0.1) is 0 Å². The summed E-state index contributed by atoms with van der Waals surface area (Å²) >= 11 is 0. The van der Waals surface area contributed by atoms with Gasteiger partial charge in [0.2, 0.25) is 5.91 Å². The maximum Gasteiger partial charge on any atom is 0.231 e. The van der Waals surface area contributed by atoms with Crippen LogP contribution in [0.1, 0.15) is 49.7 Å². The Morgan fingerprint density at radius 3 is 2.52 bits per heavy atom. The highest BCUT2D eigenvalue weighted by atomic mass is 16.5. The molecule has 2 aliphatic heterocycles. The van der Waals surface area contributed by atoms with Gasteiger partial charge in [0.25, 0.3) is 0 Å². The molecule has 33 heavy (non-hydrogen) atoms. The minimum absolute atomic E-state index is 0.00191. The highest BCUT2D eigenvalue weighted by Crippen LogP contribution is 2.39. The Kier molecular flexibility index (Phi) is 6.11. The fourth-order valence-corrected chi connectivity index (χ4v) is 4.63. The van der Waals surface area contributed by atoms with Crippen molar-refractivity contribution >= 4 is 23.1 Å². The molecule has 0 radical (unpaired) electrons. The summed E-state index contributed by atoms with van der Waals surface area (Å²) < 4.78 is 6.27. The predicted molar refractivity (Wildman–Crippen MR) is 133 cm³/mol. The van der Waals surface area contributed by atoms with Crippen LogP contribution in [0.25, 0.3) is 0 Å². The Labute approximate surface area is 195 Å². The summed E-state index contributed by atoms with van der Waals surface area (Å²) in [5, 5.41) is 3.14. The summed E-state index contributed by atoms with van der Waals surface area (Å²) in [6.45, 7) is 3.99. The van der Waals surface area contributed by atoms with Crippen LogP contribution in [-0.4, -0.2) is 29.7 Å². The highest BCUT2D eigenvalue weighted by Gasteiger charge is 2.25. The molecule has 1 atom stereocenters. The molecule has 1 amide bonds. The molecule has 0 spiro atoms. The predicted octanol–water partition coefficient (Wildman–Crippen LogP) is 6.49. The number of nitrogens with zero attached hydrogens (tertiary/aromatic N) is 2. The van der Waals surface area contributed by atoms with Crippen LogP contribution in [0.5, 0.6) is 11.5 Å².